The van der Waals surface area contributed by atoms with E-state index in [2.05, 4.69) is 6.92 Å². The van der Waals surface area contributed by atoms with Crippen LogP contribution < -0.4 is 0 Å². The zero-order valence-corrected chi connectivity index (χ0v) is 15.4. The third kappa shape index (κ3) is 4.96. The Morgan fingerprint density at radius 2 is 1.67 bits per heavy atom. The highest BCUT2D eigenvalue weighted by atomic mass is 32.2. The Morgan fingerprint density at radius 3 is 2.21 bits per heavy atom. The van der Waals surface area contributed by atoms with Gasteiger partial charge in [0.15, 0.2) is 0 Å². The molecule has 0 aromatic heterocycles. The van der Waals surface area contributed by atoms with Crippen molar-refractivity contribution < 1.29 is 8.42 Å². The van der Waals surface area contributed by atoms with Crippen molar-refractivity contribution in [3.05, 3.63) is 71.3 Å². The molecule has 0 amide bonds. The highest BCUT2D eigenvalue weighted by Crippen LogP contribution is 2.26. The van der Waals surface area contributed by atoms with E-state index in [1.807, 2.05) is 67.6 Å². The first-order valence-corrected chi connectivity index (χ1v) is 10.1. The number of rotatable bonds is 7. The van der Waals surface area contributed by atoms with E-state index in [-0.39, 0.29) is 0 Å². The van der Waals surface area contributed by atoms with Crippen molar-refractivity contribution in [2.24, 2.45) is 0 Å². The molecule has 0 unspecified atom stereocenters. The quantitative estimate of drug-likeness (QED) is 0.691. The monoisotopic (exact) mass is 343 g/mol. The Hall–Kier alpha value is -2.07. The van der Waals surface area contributed by atoms with Crippen molar-refractivity contribution >= 4 is 21.8 Å². The van der Waals surface area contributed by atoms with E-state index in [1.54, 1.807) is 0 Å². The third-order valence-electron chi connectivity index (χ3n) is 3.83. The fourth-order valence-corrected chi connectivity index (χ4v) is 3.47. The lowest BCUT2D eigenvalue weighted by Crippen LogP contribution is -2.29. The lowest BCUT2D eigenvalue weighted by atomic mass is 10.1. The fourth-order valence-electron chi connectivity index (χ4n) is 2.50. The molecule has 0 N–H and O–H groups in total. The molecule has 2 aromatic carbocycles. The molecule has 128 valence electrons. The van der Waals surface area contributed by atoms with E-state index in [0.717, 1.165) is 35.2 Å². The van der Waals surface area contributed by atoms with Crippen molar-refractivity contribution in [1.82, 2.24) is 4.31 Å². The van der Waals surface area contributed by atoms with Gasteiger partial charge in [-0.2, -0.15) is 0 Å². The molecule has 3 nitrogen and oxygen atoms in total. The van der Waals surface area contributed by atoms with Gasteiger partial charge in [-0.15, -0.1) is 0 Å². The maximum atomic E-state index is 12.4. The smallest absolute Gasteiger partial charge is 0.232 e. The largest absolute Gasteiger partial charge is 0.270 e. The number of nitrogens with zero attached hydrogens (tertiary/aromatic N) is 1. The lowest BCUT2D eigenvalue weighted by molar-refractivity contribution is 0.505. The van der Waals surface area contributed by atoms with Crippen molar-refractivity contribution in [1.29, 1.82) is 0 Å². The molecule has 24 heavy (non-hydrogen) atoms. The summed E-state index contributed by atoms with van der Waals surface area (Å²) in [6.07, 6.45) is 4.99. The second-order valence-electron chi connectivity index (χ2n) is 5.99. The van der Waals surface area contributed by atoms with Crippen LogP contribution in [0.25, 0.3) is 11.8 Å². The van der Waals surface area contributed by atoms with Gasteiger partial charge in [0.2, 0.25) is 10.0 Å². The van der Waals surface area contributed by atoms with Crippen molar-refractivity contribution in [3.63, 3.8) is 0 Å². The van der Waals surface area contributed by atoms with E-state index in [0.29, 0.717) is 6.54 Å². The molecule has 0 fully saturated rings. The topological polar surface area (TPSA) is 37.4 Å². The van der Waals surface area contributed by atoms with Crippen molar-refractivity contribution in [2.45, 2.75) is 26.7 Å². The van der Waals surface area contributed by atoms with Crippen LogP contribution in [0.4, 0.5) is 0 Å². The summed E-state index contributed by atoms with van der Waals surface area (Å²) in [5.74, 6) is 0. The molecule has 2 rings (SSSR count). The highest BCUT2D eigenvalue weighted by Gasteiger charge is 2.20. The molecule has 0 heterocycles. The Balaban J connectivity index is 2.56. The van der Waals surface area contributed by atoms with Gasteiger partial charge in [-0.1, -0.05) is 73.5 Å². The van der Waals surface area contributed by atoms with Crippen LogP contribution in [-0.4, -0.2) is 25.5 Å². The van der Waals surface area contributed by atoms with Gasteiger partial charge in [0.1, 0.15) is 0 Å². The molecule has 4 heteroatoms. The Kier molecular flexibility index (Phi) is 6.21. The molecule has 2 aromatic rings. The number of benzene rings is 2. The summed E-state index contributed by atoms with van der Waals surface area (Å²) >= 11 is 0. The summed E-state index contributed by atoms with van der Waals surface area (Å²) in [4.78, 5) is 0. The summed E-state index contributed by atoms with van der Waals surface area (Å²) in [5.41, 5.74) is 3.76. The molecule has 0 aliphatic heterocycles. The van der Waals surface area contributed by atoms with Crippen molar-refractivity contribution in [2.75, 3.05) is 12.8 Å². The maximum absolute atomic E-state index is 12.4. The minimum absolute atomic E-state index is 0.488. The van der Waals surface area contributed by atoms with Gasteiger partial charge in [0, 0.05) is 6.54 Å². The van der Waals surface area contributed by atoms with Crippen LogP contribution in [0.1, 0.15) is 36.5 Å². The van der Waals surface area contributed by atoms with Gasteiger partial charge < -0.3 is 0 Å². The summed E-state index contributed by atoms with van der Waals surface area (Å²) in [6.45, 7) is 4.57. The SMILES string of the molecule is CCCCN(/C(=C/c1ccccc1)c1ccc(C)cc1)S(C)(=O)=O. The lowest BCUT2D eigenvalue weighted by Gasteiger charge is -2.26. The highest BCUT2D eigenvalue weighted by molar-refractivity contribution is 7.88. The van der Waals surface area contributed by atoms with E-state index in [4.69, 9.17) is 0 Å². The minimum atomic E-state index is -3.35. The first kappa shape index (κ1) is 18.3. The number of sulfonamides is 1. The number of aryl methyl sites for hydroxylation is 1. The van der Waals surface area contributed by atoms with Crippen LogP contribution in [0, 0.1) is 6.92 Å². The van der Waals surface area contributed by atoms with Gasteiger partial charge in [-0.25, -0.2) is 8.42 Å². The average Bonchev–Trinajstić information content (AvgIpc) is 2.55. The molecule has 0 spiro atoms. The molecule has 0 saturated heterocycles. The van der Waals surface area contributed by atoms with E-state index >= 15 is 0 Å². The first-order chi connectivity index (χ1) is 11.4. The minimum Gasteiger partial charge on any atom is -0.270 e. The number of unbranched alkanes of at least 4 members (excludes halogenated alkanes) is 1. The normalized spacial score (nSPS) is 12.2. The molecule has 0 aliphatic carbocycles. The van der Waals surface area contributed by atoms with Crippen LogP contribution in [0.3, 0.4) is 0 Å². The predicted octanol–water partition coefficient (Wildman–Crippen LogP) is 4.55. The summed E-state index contributed by atoms with van der Waals surface area (Å²) in [5, 5.41) is 0. The van der Waals surface area contributed by atoms with Gasteiger partial charge >= 0.3 is 0 Å². The zero-order valence-electron chi connectivity index (χ0n) is 14.6. The molecule has 0 bridgehead atoms. The van der Waals surface area contributed by atoms with E-state index < -0.39 is 10.0 Å². The summed E-state index contributed by atoms with van der Waals surface area (Å²) in [6, 6.07) is 17.8. The Bertz CT molecular complexity index is 778. The molecular weight excluding hydrogens is 318 g/mol. The van der Waals surface area contributed by atoms with Crippen LogP contribution in [0.5, 0.6) is 0 Å². The molecule has 0 atom stereocenters. The second kappa shape index (κ2) is 8.15. The Morgan fingerprint density at radius 1 is 1.04 bits per heavy atom. The van der Waals surface area contributed by atoms with Crippen LogP contribution in [0.15, 0.2) is 54.6 Å². The Labute approximate surface area is 145 Å². The summed E-state index contributed by atoms with van der Waals surface area (Å²) < 4.78 is 26.3. The maximum Gasteiger partial charge on any atom is 0.232 e. The molecule has 0 radical (unpaired) electrons. The van der Waals surface area contributed by atoms with E-state index in [9.17, 15) is 8.42 Å². The van der Waals surface area contributed by atoms with E-state index in [1.165, 1.54) is 10.6 Å². The second-order valence-corrected chi connectivity index (χ2v) is 7.90. The number of hydrogen-bond donors (Lipinski definition) is 0. The zero-order chi connectivity index (χ0) is 17.6. The van der Waals surface area contributed by atoms with Gasteiger partial charge in [0.25, 0.3) is 0 Å². The predicted molar refractivity (Wildman–Crippen MR) is 102 cm³/mol. The van der Waals surface area contributed by atoms with Crippen LogP contribution in [0.2, 0.25) is 0 Å². The van der Waals surface area contributed by atoms with Crippen LogP contribution in [-0.2, 0) is 10.0 Å². The molecular formula is C20H25NO2S. The first-order valence-electron chi connectivity index (χ1n) is 8.23. The van der Waals surface area contributed by atoms with Crippen LogP contribution >= 0.6 is 0 Å². The van der Waals surface area contributed by atoms with Gasteiger partial charge in [0.05, 0.1) is 12.0 Å². The average molecular weight is 343 g/mol. The fraction of sp³-hybridized carbons (Fsp3) is 0.300. The summed E-state index contributed by atoms with van der Waals surface area (Å²) in [7, 11) is -3.35. The third-order valence-corrected chi connectivity index (χ3v) is 5.01. The standard InChI is InChI=1S/C20H25NO2S/c1-4-5-15-21(24(3,22)23)20(16-18-9-7-6-8-10-18)19-13-11-17(2)12-14-19/h6-14,16H,4-5,15H2,1-3H3/b20-16+. The number of hydrogen-bond acceptors (Lipinski definition) is 2. The van der Waals surface area contributed by atoms with Gasteiger partial charge in [-0.3, -0.25) is 4.31 Å². The van der Waals surface area contributed by atoms with Gasteiger partial charge in [-0.05, 0) is 30.5 Å². The molecule has 0 saturated carbocycles. The van der Waals surface area contributed by atoms with Crippen molar-refractivity contribution in [3.8, 4) is 0 Å². The molecule has 0 aliphatic rings.